The maximum absolute atomic E-state index is 12.6. The highest BCUT2D eigenvalue weighted by Crippen LogP contribution is 2.24. The van der Waals surface area contributed by atoms with Crippen molar-refractivity contribution >= 4 is 23.6 Å². The minimum Gasteiger partial charge on any atom is -0.459 e. The van der Waals surface area contributed by atoms with Gasteiger partial charge in [-0.3, -0.25) is 9.69 Å². The number of hydrogen-bond donors (Lipinski definition) is 1. The summed E-state index contributed by atoms with van der Waals surface area (Å²) in [6.45, 7) is 5.67. The number of nitrogens with zero attached hydrogens (tertiary/aromatic N) is 2. The van der Waals surface area contributed by atoms with Gasteiger partial charge in [-0.2, -0.15) is 0 Å². The van der Waals surface area contributed by atoms with Crippen molar-refractivity contribution in [2.45, 2.75) is 13.5 Å². The summed E-state index contributed by atoms with van der Waals surface area (Å²) in [6, 6.07) is 11.2. The Morgan fingerprint density at radius 2 is 1.86 bits per heavy atom. The Labute approximate surface area is 175 Å². The van der Waals surface area contributed by atoms with Crippen molar-refractivity contribution < 1.29 is 23.6 Å². The molecule has 0 unspecified atom stereocenters. The van der Waals surface area contributed by atoms with Crippen LogP contribution in [0.1, 0.15) is 12.7 Å². The highest BCUT2D eigenvalue weighted by molar-refractivity contribution is 6.30. The van der Waals surface area contributed by atoms with Gasteiger partial charge in [0.1, 0.15) is 11.5 Å². The molecule has 1 saturated heterocycles. The zero-order valence-corrected chi connectivity index (χ0v) is 17.6. The molecule has 1 aromatic carbocycles. The summed E-state index contributed by atoms with van der Waals surface area (Å²) < 4.78 is 10.9. The van der Waals surface area contributed by atoms with E-state index >= 15 is 0 Å². The maximum Gasteiger partial charge on any atom is 0.410 e. The molecule has 0 atom stereocenters. The van der Waals surface area contributed by atoms with Crippen LogP contribution < -0.4 is 4.90 Å². The largest absolute Gasteiger partial charge is 0.459 e. The predicted octanol–water partition coefficient (Wildman–Crippen LogP) is 1.92. The molecule has 29 heavy (non-hydrogen) atoms. The van der Waals surface area contributed by atoms with E-state index in [0.717, 1.165) is 30.2 Å². The van der Waals surface area contributed by atoms with E-state index in [9.17, 15) is 9.59 Å². The van der Waals surface area contributed by atoms with Crippen LogP contribution in [-0.2, 0) is 16.1 Å². The molecular formula is C21H27ClN3O4+. The van der Waals surface area contributed by atoms with Gasteiger partial charge >= 0.3 is 6.09 Å². The van der Waals surface area contributed by atoms with E-state index in [0.29, 0.717) is 37.8 Å². The van der Waals surface area contributed by atoms with Crippen LogP contribution in [0, 0.1) is 0 Å². The van der Waals surface area contributed by atoms with Gasteiger partial charge in [0, 0.05) is 17.6 Å². The fourth-order valence-corrected chi connectivity index (χ4v) is 3.43. The second-order valence-corrected chi connectivity index (χ2v) is 7.57. The minimum absolute atomic E-state index is 0.0500. The van der Waals surface area contributed by atoms with E-state index in [1.807, 2.05) is 36.4 Å². The SMILES string of the molecule is CCOC(=O)N1CC[NH+](CC(=O)N(C)Cc2ccc(-c3ccc(Cl)cc3)o2)CC1. The molecule has 156 valence electrons. The zero-order chi connectivity index (χ0) is 20.8. The topological polar surface area (TPSA) is 67.4 Å². The summed E-state index contributed by atoms with van der Waals surface area (Å²) in [5, 5.41) is 0.677. The van der Waals surface area contributed by atoms with Crippen molar-refractivity contribution in [3.8, 4) is 11.3 Å². The Morgan fingerprint density at radius 3 is 2.52 bits per heavy atom. The van der Waals surface area contributed by atoms with E-state index in [4.69, 9.17) is 20.8 Å². The summed E-state index contributed by atoms with van der Waals surface area (Å²) in [5.41, 5.74) is 0.943. The van der Waals surface area contributed by atoms with Crippen molar-refractivity contribution in [1.82, 2.24) is 9.80 Å². The van der Waals surface area contributed by atoms with Gasteiger partial charge in [0.15, 0.2) is 6.54 Å². The maximum atomic E-state index is 12.6. The summed E-state index contributed by atoms with van der Waals surface area (Å²) in [7, 11) is 1.78. The number of furan rings is 1. The number of benzene rings is 1. The lowest BCUT2D eigenvalue weighted by molar-refractivity contribution is -0.896. The molecule has 1 aliphatic rings. The third kappa shape index (κ3) is 5.74. The van der Waals surface area contributed by atoms with Crippen molar-refractivity contribution in [2.24, 2.45) is 0 Å². The molecule has 1 aliphatic heterocycles. The number of carbonyl (C=O) groups is 2. The van der Waals surface area contributed by atoms with Crippen LogP contribution in [0.15, 0.2) is 40.8 Å². The monoisotopic (exact) mass is 420 g/mol. The van der Waals surface area contributed by atoms with Gasteiger partial charge in [0.25, 0.3) is 5.91 Å². The molecule has 1 fully saturated rings. The second-order valence-electron chi connectivity index (χ2n) is 7.14. The van der Waals surface area contributed by atoms with Crippen LogP contribution in [-0.4, -0.2) is 68.2 Å². The summed E-state index contributed by atoms with van der Waals surface area (Å²) in [6.07, 6.45) is -0.274. The van der Waals surface area contributed by atoms with Crippen LogP contribution >= 0.6 is 11.6 Å². The Morgan fingerprint density at radius 1 is 1.17 bits per heavy atom. The molecule has 2 aromatic rings. The molecule has 2 heterocycles. The number of likely N-dealkylation sites (N-methyl/N-ethyl adjacent to an activating group) is 1. The fourth-order valence-electron chi connectivity index (χ4n) is 3.30. The van der Waals surface area contributed by atoms with Gasteiger partial charge in [0.2, 0.25) is 0 Å². The Hall–Kier alpha value is -2.51. The fraction of sp³-hybridized carbons (Fsp3) is 0.429. The molecule has 1 aromatic heterocycles. The van der Waals surface area contributed by atoms with E-state index < -0.39 is 0 Å². The molecule has 0 spiro atoms. The second kappa shape index (κ2) is 9.80. The van der Waals surface area contributed by atoms with Gasteiger partial charge in [-0.05, 0) is 43.3 Å². The lowest BCUT2D eigenvalue weighted by Crippen LogP contribution is -3.15. The molecule has 0 aliphatic carbocycles. The van der Waals surface area contributed by atoms with Crippen molar-refractivity contribution in [3.05, 3.63) is 47.2 Å². The highest BCUT2D eigenvalue weighted by atomic mass is 35.5. The molecule has 8 heteroatoms. The quantitative estimate of drug-likeness (QED) is 0.775. The lowest BCUT2D eigenvalue weighted by Gasteiger charge is -2.31. The number of quaternary nitrogens is 1. The van der Waals surface area contributed by atoms with Gasteiger partial charge in [-0.15, -0.1) is 0 Å². The van der Waals surface area contributed by atoms with Crippen LogP contribution in [0.4, 0.5) is 4.79 Å². The third-order valence-electron chi connectivity index (χ3n) is 5.01. The minimum atomic E-state index is -0.274. The first-order valence-electron chi connectivity index (χ1n) is 9.80. The smallest absolute Gasteiger partial charge is 0.410 e. The molecule has 1 N–H and O–H groups in total. The summed E-state index contributed by atoms with van der Waals surface area (Å²) in [5.74, 6) is 1.53. The van der Waals surface area contributed by atoms with Gasteiger partial charge in [-0.25, -0.2) is 4.79 Å². The van der Waals surface area contributed by atoms with E-state index in [-0.39, 0.29) is 12.0 Å². The molecule has 2 amide bonds. The molecule has 0 radical (unpaired) electrons. The molecular weight excluding hydrogens is 394 g/mol. The normalized spacial score (nSPS) is 14.7. The average molecular weight is 421 g/mol. The van der Waals surface area contributed by atoms with Crippen LogP contribution in [0.3, 0.4) is 0 Å². The van der Waals surface area contributed by atoms with E-state index in [1.165, 1.54) is 4.90 Å². The number of carbonyl (C=O) groups excluding carboxylic acids is 2. The van der Waals surface area contributed by atoms with Crippen LogP contribution in [0.25, 0.3) is 11.3 Å². The summed E-state index contributed by atoms with van der Waals surface area (Å²) in [4.78, 5) is 28.9. The first-order valence-corrected chi connectivity index (χ1v) is 10.2. The number of nitrogens with one attached hydrogen (secondary N) is 1. The number of ether oxygens (including phenoxy) is 1. The van der Waals surface area contributed by atoms with Gasteiger partial charge < -0.3 is 19.0 Å². The number of hydrogen-bond acceptors (Lipinski definition) is 4. The Kier molecular flexibility index (Phi) is 7.17. The lowest BCUT2D eigenvalue weighted by atomic mass is 10.2. The Bertz CT molecular complexity index is 829. The molecule has 0 bridgehead atoms. The van der Waals surface area contributed by atoms with Crippen LogP contribution in [0.5, 0.6) is 0 Å². The van der Waals surface area contributed by atoms with Crippen molar-refractivity contribution in [2.75, 3.05) is 46.4 Å². The van der Waals surface area contributed by atoms with Gasteiger partial charge in [-0.1, -0.05) is 11.6 Å². The molecule has 7 nitrogen and oxygen atoms in total. The first-order chi connectivity index (χ1) is 14.0. The average Bonchev–Trinajstić information content (AvgIpc) is 3.17. The molecule has 0 saturated carbocycles. The number of amides is 2. The van der Waals surface area contributed by atoms with Crippen LogP contribution in [0.2, 0.25) is 5.02 Å². The van der Waals surface area contributed by atoms with Crippen molar-refractivity contribution in [3.63, 3.8) is 0 Å². The van der Waals surface area contributed by atoms with E-state index in [1.54, 1.807) is 23.8 Å². The molecule has 3 rings (SSSR count). The third-order valence-corrected chi connectivity index (χ3v) is 5.26. The van der Waals surface area contributed by atoms with Crippen molar-refractivity contribution in [1.29, 1.82) is 0 Å². The Balaban J connectivity index is 1.48. The predicted molar refractivity (Wildman–Crippen MR) is 110 cm³/mol. The summed E-state index contributed by atoms with van der Waals surface area (Å²) >= 11 is 5.92. The number of halogens is 1. The standard InChI is InChI=1S/C21H26ClN3O4/c1-3-28-21(27)25-12-10-24(11-13-25)15-20(26)23(2)14-18-8-9-19(29-18)16-4-6-17(22)7-5-16/h4-9H,3,10-15H2,1-2H3/p+1. The zero-order valence-electron chi connectivity index (χ0n) is 16.8. The van der Waals surface area contributed by atoms with Gasteiger partial charge in [0.05, 0.1) is 39.3 Å². The number of rotatable bonds is 6. The van der Waals surface area contributed by atoms with E-state index in [2.05, 4.69) is 0 Å². The first kappa shape index (κ1) is 21.2. The highest BCUT2D eigenvalue weighted by Gasteiger charge is 2.27. The number of piperazine rings is 1.